The molecule has 0 amide bonds. The molecule has 2 aliphatic rings. The van der Waals surface area contributed by atoms with E-state index in [0.29, 0.717) is 0 Å². The van der Waals surface area contributed by atoms with Crippen LogP contribution < -0.4 is 0 Å². The molecule has 0 spiro atoms. The highest BCUT2D eigenvalue weighted by atomic mass is 32.2. The number of aryl methyl sites for hydroxylation is 2. The van der Waals surface area contributed by atoms with Crippen LogP contribution in [0.3, 0.4) is 0 Å². The van der Waals surface area contributed by atoms with Gasteiger partial charge in [-0.05, 0) is 58.5 Å². The minimum atomic E-state index is 0.147. The van der Waals surface area contributed by atoms with E-state index in [2.05, 4.69) is 36.4 Å². The molecular formula is C21H14OS. The fourth-order valence-corrected chi connectivity index (χ4v) is 4.72. The van der Waals surface area contributed by atoms with Crippen molar-refractivity contribution < 1.29 is 4.79 Å². The Kier molecular flexibility index (Phi) is 2.77. The third-order valence-corrected chi connectivity index (χ3v) is 5.87. The maximum atomic E-state index is 12.6. The molecule has 0 saturated heterocycles. The quantitative estimate of drug-likeness (QED) is 0.569. The van der Waals surface area contributed by atoms with Crippen molar-refractivity contribution >= 4 is 34.4 Å². The van der Waals surface area contributed by atoms with Crippen molar-refractivity contribution in [1.82, 2.24) is 0 Å². The lowest BCUT2D eigenvalue weighted by Gasteiger charge is -2.06. The lowest BCUT2D eigenvalue weighted by Crippen LogP contribution is -1.94. The van der Waals surface area contributed by atoms with Crippen LogP contribution in [0.15, 0.2) is 64.4 Å². The van der Waals surface area contributed by atoms with E-state index in [1.807, 2.05) is 24.3 Å². The molecule has 110 valence electrons. The van der Waals surface area contributed by atoms with Gasteiger partial charge in [-0.25, -0.2) is 0 Å². The van der Waals surface area contributed by atoms with Crippen molar-refractivity contribution in [3.63, 3.8) is 0 Å². The molecule has 1 heterocycles. The molecule has 5 rings (SSSR count). The standard InChI is InChI=1S/C21H14OS/c22-21-17-5-1-2-7-18(17)23-19(21)12-15-11-10-14-9-8-13-4-3-6-16(15)20(13)14/h1-7,10-12H,8-9H2. The maximum absolute atomic E-state index is 12.6. The first-order chi connectivity index (χ1) is 11.3. The van der Waals surface area contributed by atoms with E-state index in [9.17, 15) is 4.79 Å². The highest BCUT2D eigenvalue weighted by Crippen LogP contribution is 2.42. The first-order valence-electron chi connectivity index (χ1n) is 7.88. The van der Waals surface area contributed by atoms with Gasteiger partial charge in [0.1, 0.15) is 0 Å². The van der Waals surface area contributed by atoms with Crippen molar-refractivity contribution in [2.45, 2.75) is 17.7 Å². The van der Waals surface area contributed by atoms with E-state index in [-0.39, 0.29) is 5.78 Å². The first kappa shape index (κ1) is 13.1. The lowest BCUT2D eigenvalue weighted by molar-refractivity contribution is 0.104. The molecule has 0 fully saturated rings. The van der Waals surface area contributed by atoms with Gasteiger partial charge in [0, 0.05) is 10.5 Å². The number of hydrogen-bond acceptors (Lipinski definition) is 2. The largest absolute Gasteiger partial charge is 0.288 e. The Morgan fingerprint density at radius 3 is 2.57 bits per heavy atom. The Morgan fingerprint density at radius 2 is 1.70 bits per heavy atom. The molecule has 0 atom stereocenters. The normalized spacial score (nSPS) is 17.2. The van der Waals surface area contributed by atoms with Gasteiger partial charge in [-0.3, -0.25) is 4.79 Å². The van der Waals surface area contributed by atoms with Crippen LogP contribution >= 0.6 is 11.8 Å². The summed E-state index contributed by atoms with van der Waals surface area (Å²) in [5.41, 5.74) is 4.85. The Morgan fingerprint density at radius 1 is 0.870 bits per heavy atom. The summed E-state index contributed by atoms with van der Waals surface area (Å²) in [6.45, 7) is 0. The van der Waals surface area contributed by atoms with E-state index in [1.165, 1.54) is 21.9 Å². The second kappa shape index (κ2) is 4.84. The number of thioether (sulfide) groups is 1. The molecule has 0 aromatic heterocycles. The van der Waals surface area contributed by atoms with Crippen LogP contribution in [0.5, 0.6) is 0 Å². The van der Waals surface area contributed by atoms with Gasteiger partial charge in [0.2, 0.25) is 5.78 Å². The summed E-state index contributed by atoms with van der Waals surface area (Å²) in [5.74, 6) is 0.147. The molecule has 1 nitrogen and oxygen atoms in total. The molecule has 0 radical (unpaired) electrons. The number of hydrogen-bond donors (Lipinski definition) is 0. The summed E-state index contributed by atoms with van der Waals surface area (Å²) in [6.07, 6.45) is 4.33. The van der Waals surface area contributed by atoms with Gasteiger partial charge in [0.15, 0.2) is 0 Å². The zero-order valence-electron chi connectivity index (χ0n) is 12.5. The fraction of sp³-hybridized carbons (Fsp3) is 0.0952. The summed E-state index contributed by atoms with van der Waals surface area (Å²) in [5, 5.41) is 2.67. The Labute approximate surface area is 139 Å². The predicted molar refractivity (Wildman–Crippen MR) is 96.0 cm³/mol. The number of rotatable bonds is 1. The second-order valence-corrected chi connectivity index (χ2v) is 7.17. The van der Waals surface area contributed by atoms with Crippen LogP contribution in [0, 0.1) is 0 Å². The Balaban J connectivity index is 1.68. The van der Waals surface area contributed by atoms with E-state index < -0.39 is 0 Å². The molecule has 0 N–H and O–H groups in total. The minimum Gasteiger partial charge on any atom is -0.288 e. The molecule has 0 bridgehead atoms. The van der Waals surface area contributed by atoms with Gasteiger partial charge in [-0.2, -0.15) is 0 Å². The van der Waals surface area contributed by atoms with Gasteiger partial charge in [-0.15, -0.1) is 0 Å². The first-order valence-corrected chi connectivity index (χ1v) is 8.70. The minimum absolute atomic E-state index is 0.147. The average molecular weight is 314 g/mol. The Bertz CT molecular complexity index is 1000. The van der Waals surface area contributed by atoms with Gasteiger partial charge >= 0.3 is 0 Å². The number of carbonyl (C=O) groups excluding carboxylic acids is 1. The molecule has 0 saturated carbocycles. The molecular weight excluding hydrogens is 300 g/mol. The van der Waals surface area contributed by atoms with Crippen molar-refractivity contribution in [3.05, 3.63) is 81.8 Å². The average Bonchev–Trinajstić information content (AvgIpc) is 3.14. The molecule has 23 heavy (non-hydrogen) atoms. The van der Waals surface area contributed by atoms with Crippen LogP contribution in [0.2, 0.25) is 0 Å². The smallest absolute Gasteiger partial charge is 0.200 e. The summed E-state index contributed by atoms with van der Waals surface area (Å²) < 4.78 is 0. The van der Waals surface area contributed by atoms with Crippen LogP contribution in [0.4, 0.5) is 0 Å². The van der Waals surface area contributed by atoms with Crippen LogP contribution in [0.25, 0.3) is 16.8 Å². The van der Waals surface area contributed by atoms with Gasteiger partial charge in [0.05, 0.1) is 4.91 Å². The van der Waals surface area contributed by atoms with Crippen molar-refractivity contribution in [2.24, 2.45) is 0 Å². The summed E-state index contributed by atoms with van der Waals surface area (Å²) in [4.78, 5) is 14.5. The highest BCUT2D eigenvalue weighted by Gasteiger charge is 2.25. The monoisotopic (exact) mass is 314 g/mol. The summed E-state index contributed by atoms with van der Waals surface area (Å²) in [6, 6.07) is 18.8. The number of fused-ring (bicyclic) bond motifs is 1. The van der Waals surface area contributed by atoms with Crippen LogP contribution in [-0.2, 0) is 12.8 Å². The third kappa shape index (κ3) is 1.91. The van der Waals surface area contributed by atoms with Crippen LogP contribution in [0.1, 0.15) is 27.0 Å². The predicted octanol–water partition coefficient (Wildman–Crippen LogP) is 5.27. The van der Waals surface area contributed by atoms with E-state index in [0.717, 1.165) is 33.8 Å². The van der Waals surface area contributed by atoms with Gasteiger partial charge < -0.3 is 0 Å². The third-order valence-electron chi connectivity index (χ3n) is 4.77. The number of ketones is 1. The fourth-order valence-electron chi connectivity index (χ4n) is 3.67. The van der Waals surface area contributed by atoms with Gasteiger partial charge in [0.25, 0.3) is 0 Å². The van der Waals surface area contributed by atoms with E-state index >= 15 is 0 Å². The molecule has 1 aliphatic heterocycles. The van der Waals surface area contributed by atoms with E-state index in [1.54, 1.807) is 11.8 Å². The highest BCUT2D eigenvalue weighted by molar-refractivity contribution is 8.04. The molecule has 0 unspecified atom stereocenters. The molecule has 1 aliphatic carbocycles. The van der Waals surface area contributed by atoms with E-state index in [4.69, 9.17) is 0 Å². The zero-order chi connectivity index (χ0) is 15.4. The summed E-state index contributed by atoms with van der Waals surface area (Å²) in [7, 11) is 0. The second-order valence-electron chi connectivity index (χ2n) is 6.09. The molecule has 3 aromatic carbocycles. The number of benzene rings is 3. The maximum Gasteiger partial charge on any atom is 0.200 e. The molecule has 3 aromatic rings. The lowest BCUT2D eigenvalue weighted by atomic mass is 9.99. The SMILES string of the molecule is O=C1C(=Cc2ccc3c4c(cccc24)CC3)Sc2ccccc21. The summed E-state index contributed by atoms with van der Waals surface area (Å²) >= 11 is 1.58. The number of allylic oxidation sites excluding steroid dienone is 1. The van der Waals surface area contributed by atoms with Crippen LogP contribution in [-0.4, -0.2) is 5.78 Å². The van der Waals surface area contributed by atoms with Crippen molar-refractivity contribution in [2.75, 3.05) is 0 Å². The Hall–Kier alpha value is -2.32. The zero-order valence-corrected chi connectivity index (χ0v) is 13.3. The number of carbonyl (C=O) groups is 1. The van der Waals surface area contributed by atoms with Crippen molar-refractivity contribution in [1.29, 1.82) is 0 Å². The molecule has 2 heteroatoms. The number of Topliss-reactive ketones (excluding diaryl/α,β-unsaturated/α-hetero) is 1. The topological polar surface area (TPSA) is 17.1 Å². The van der Waals surface area contributed by atoms with Gasteiger partial charge in [-0.1, -0.05) is 54.2 Å². The van der Waals surface area contributed by atoms with Crippen molar-refractivity contribution in [3.8, 4) is 0 Å².